The van der Waals surface area contributed by atoms with Crippen molar-refractivity contribution in [1.29, 1.82) is 0 Å². The van der Waals surface area contributed by atoms with E-state index in [9.17, 15) is 14.0 Å². The number of pyridine rings is 1. The summed E-state index contributed by atoms with van der Waals surface area (Å²) in [6.07, 6.45) is 2.92. The molecule has 7 nitrogen and oxygen atoms in total. The zero-order chi connectivity index (χ0) is 18.3. The highest BCUT2D eigenvalue weighted by Crippen LogP contribution is 2.24. The summed E-state index contributed by atoms with van der Waals surface area (Å²) < 4.78 is 21.3. The molecule has 2 aromatic rings. The highest BCUT2D eigenvalue weighted by atomic mass is 19.1. The number of amides is 2. The fourth-order valence-electron chi connectivity index (χ4n) is 3.66. The summed E-state index contributed by atoms with van der Waals surface area (Å²) in [5.74, 6) is -1.29. The monoisotopic (exact) mass is 360 g/mol. The molecule has 0 spiro atoms. The van der Waals surface area contributed by atoms with Crippen molar-refractivity contribution in [2.24, 2.45) is 0 Å². The molecule has 4 heterocycles. The second-order valence-electron chi connectivity index (χ2n) is 6.78. The lowest BCUT2D eigenvalue weighted by Gasteiger charge is -2.32. The van der Waals surface area contributed by atoms with E-state index in [1.54, 1.807) is 17.2 Å². The van der Waals surface area contributed by atoms with Gasteiger partial charge in [0.2, 0.25) is 11.9 Å². The first-order valence-corrected chi connectivity index (χ1v) is 8.88. The number of hydrogen-bond donors (Lipinski definition) is 0. The third kappa shape index (κ3) is 2.84. The van der Waals surface area contributed by atoms with E-state index in [0.717, 1.165) is 12.0 Å². The number of halogens is 1. The number of carbonyl (C=O) groups is 2. The third-order valence-electron chi connectivity index (χ3n) is 5.03. The van der Waals surface area contributed by atoms with Gasteiger partial charge >= 0.3 is 0 Å². The molecule has 0 radical (unpaired) electrons. The summed E-state index contributed by atoms with van der Waals surface area (Å²) in [5.41, 5.74) is 1.03. The molecule has 1 atom stereocenters. The van der Waals surface area contributed by atoms with Crippen molar-refractivity contribution in [1.82, 2.24) is 19.2 Å². The Kier molecular flexibility index (Phi) is 4.36. The van der Waals surface area contributed by atoms with Crippen LogP contribution in [0.25, 0.3) is 5.65 Å². The van der Waals surface area contributed by atoms with Crippen LogP contribution in [0.1, 0.15) is 28.9 Å². The van der Waals surface area contributed by atoms with Gasteiger partial charge in [-0.1, -0.05) is 6.07 Å². The number of fused-ring (bicyclic) bond motifs is 1. The molecule has 0 bridgehead atoms. The molecule has 2 fully saturated rings. The highest BCUT2D eigenvalue weighted by Gasteiger charge is 2.39. The Hall–Kier alpha value is -2.48. The summed E-state index contributed by atoms with van der Waals surface area (Å²) in [6, 6.07) is 2.94. The summed E-state index contributed by atoms with van der Waals surface area (Å²) in [7, 11) is 0. The van der Waals surface area contributed by atoms with Gasteiger partial charge in [0.15, 0.2) is 5.69 Å². The van der Waals surface area contributed by atoms with Crippen LogP contribution in [-0.2, 0) is 9.53 Å². The zero-order valence-electron chi connectivity index (χ0n) is 14.7. The van der Waals surface area contributed by atoms with E-state index in [4.69, 9.17) is 4.74 Å². The van der Waals surface area contributed by atoms with Gasteiger partial charge in [0.1, 0.15) is 11.7 Å². The molecule has 0 aromatic carbocycles. The molecule has 26 heavy (non-hydrogen) atoms. The summed E-state index contributed by atoms with van der Waals surface area (Å²) in [6.45, 7) is 4.35. The van der Waals surface area contributed by atoms with Gasteiger partial charge in [-0.15, -0.1) is 0 Å². The number of carbonyl (C=O) groups excluding carboxylic acids is 2. The first-order valence-electron chi connectivity index (χ1n) is 8.88. The molecular formula is C18H21FN4O3. The smallest absolute Gasteiger partial charge is 0.277 e. The number of aryl methyl sites for hydroxylation is 1. The Morgan fingerprint density at radius 2 is 2.00 bits per heavy atom. The number of hydrogen-bond acceptors (Lipinski definition) is 4. The van der Waals surface area contributed by atoms with Crippen LogP contribution >= 0.6 is 0 Å². The molecule has 0 N–H and O–H groups in total. The number of ether oxygens (including phenoxy) is 1. The number of rotatable bonds is 2. The van der Waals surface area contributed by atoms with E-state index in [-0.39, 0.29) is 11.6 Å². The number of aromatic nitrogens is 2. The van der Waals surface area contributed by atoms with Crippen LogP contribution in [0, 0.1) is 12.9 Å². The van der Waals surface area contributed by atoms with Crippen LogP contribution in [0.3, 0.4) is 0 Å². The van der Waals surface area contributed by atoms with E-state index >= 15 is 0 Å². The van der Waals surface area contributed by atoms with E-state index in [2.05, 4.69) is 4.98 Å². The molecule has 0 aliphatic carbocycles. The Morgan fingerprint density at radius 1 is 1.23 bits per heavy atom. The second kappa shape index (κ2) is 6.68. The van der Waals surface area contributed by atoms with E-state index in [1.165, 1.54) is 9.30 Å². The molecule has 4 rings (SSSR count). The molecule has 2 saturated heterocycles. The molecular weight excluding hydrogens is 339 g/mol. The lowest BCUT2D eigenvalue weighted by atomic mass is 10.1. The molecule has 2 amide bonds. The maximum atomic E-state index is 14.7. The average Bonchev–Trinajstić information content (AvgIpc) is 3.27. The van der Waals surface area contributed by atoms with Crippen molar-refractivity contribution in [2.75, 3.05) is 32.8 Å². The fourth-order valence-corrected chi connectivity index (χ4v) is 3.66. The summed E-state index contributed by atoms with van der Waals surface area (Å²) in [4.78, 5) is 33.1. The quantitative estimate of drug-likeness (QED) is 0.808. The SMILES string of the molecule is Cc1ccc2nc(C(=O)N3CCC[C@H]3C(=O)N3CCOCC3)c(F)n2c1. The van der Waals surface area contributed by atoms with Gasteiger partial charge in [-0.3, -0.25) is 14.0 Å². The molecule has 2 aliphatic heterocycles. The summed E-state index contributed by atoms with van der Waals surface area (Å²) >= 11 is 0. The highest BCUT2D eigenvalue weighted by molar-refractivity contribution is 5.97. The molecule has 2 aliphatic rings. The predicted molar refractivity (Wildman–Crippen MR) is 91.3 cm³/mol. The second-order valence-corrected chi connectivity index (χ2v) is 6.78. The number of morpholine rings is 1. The van der Waals surface area contributed by atoms with Gasteiger partial charge in [-0.2, -0.15) is 4.39 Å². The molecule has 2 aromatic heterocycles. The molecule has 0 unspecified atom stereocenters. The van der Waals surface area contributed by atoms with Gasteiger partial charge in [0.25, 0.3) is 5.91 Å². The Morgan fingerprint density at radius 3 is 2.77 bits per heavy atom. The normalized spacial score (nSPS) is 20.8. The van der Waals surface area contributed by atoms with E-state index < -0.39 is 17.9 Å². The van der Waals surface area contributed by atoms with Crippen molar-refractivity contribution in [3.05, 3.63) is 35.5 Å². The third-order valence-corrected chi connectivity index (χ3v) is 5.03. The Balaban J connectivity index is 1.60. The fraction of sp³-hybridized carbons (Fsp3) is 0.500. The largest absolute Gasteiger partial charge is 0.378 e. The molecule has 8 heteroatoms. The minimum Gasteiger partial charge on any atom is -0.378 e. The van der Waals surface area contributed by atoms with Crippen LogP contribution in [0.5, 0.6) is 0 Å². The average molecular weight is 360 g/mol. The van der Waals surface area contributed by atoms with Gasteiger partial charge in [0, 0.05) is 25.8 Å². The minimum absolute atomic E-state index is 0.0841. The van der Waals surface area contributed by atoms with Gasteiger partial charge in [-0.25, -0.2) is 4.98 Å². The van der Waals surface area contributed by atoms with E-state index in [0.29, 0.717) is 44.9 Å². The van der Waals surface area contributed by atoms with Crippen LogP contribution < -0.4 is 0 Å². The zero-order valence-corrected chi connectivity index (χ0v) is 14.7. The number of nitrogens with zero attached hydrogens (tertiary/aromatic N) is 4. The number of likely N-dealkylation sites (tertiary alicyclic amines) is 1. The van der Waals surface area contributed by atoms with Gasteiger partial charge in [-0.05, 0) is 31.4 Å². The first kappa shape index (κ1) is 17.0. The summed E-state index contributed by atoms with van der Waals surface area (Å²) in [5, 5.41) is 0. The standard InChI is InChI=1S/C18H21FN4O3/c1-12-4-5-14-20-15(16(19)23(14)11-12)18(25)22-6-2-3-13(22)17(24)21-7-9-26-10-8-21/h4-5,11,13H,2-3,6-10H2,1H3/t13-/m0/s1. The van der Waals surface area contributed by atoms with Crippen LogP contribution in [0.4, 0.5) is 4.39 Å². The number of imidazole rings is 1. The lowest BCUT2D eigenvalue weighted by Crippen LogP contribution is -2.51. The van der Waals surface area contributed by atoms with Crippen molar-refractivity contribution in [3.63, 3.8) is 0 Å². The van der Waals surface area contributed by atoms with Gasteiger partial charge in [0.05, 0.1) is 13.2 Å². The Bertz CT molecular complexity index is 859. The topological polar surface area (TPSA) is 67.2 Å². The molecule has 0 saturated carbocycles. The van der Waals surface area contributed by atoms with Crippen LogP contribution in [-0.4, -0.2) is 69.9 Å². The van der Waals surface area contributed by atoms with Crippen molar-refractivity contribution in [3.8, 4) is 0 Å². The van der Waals surface area contributed by atoms with Crippen LogP contribution in [0.2, 0.25) is 0 Å². The lowest BCUT2D eigenvalue weighted by molar-refractivity contribution is -0.139. The van der Waals surface area contributed by atoms with Crippen molar-refractivity contribution >= 4 is 17.5 Å². The maximum Gasteiger partial charge on any atom is 0.277 e. The molecule has 138 valence electrons. The Labute approximate surface area is 150 Å². The maximum absolute atomic E-state index is 14.7. The predicted octanol–water partition coefficient (Wildman–Crippen LogP) is 1.25. The van der Waals surface area contributed by atoms with Crippen molar-refractivity contribution in [2.45, 2.75) is 25.8 Å². The van der Waals surface area contributed by atoms with Crippen molar-refractivity contribution < 1.29 is 18.7 Å². The van der Waals surface area contributed by atoms with Crippen LogP contribution in [0.15, 0.2) is 18.3 Å². The van der Waals surface area contributed by atoms with E-state index in [1.807, 2.05) is 13.0 Å². The van der Waals surface area contributed by atoms with Gasteiger partial charge < -0.3 is 14.5 Å². The minimum atomic E-state index is -0.682. The first-order chi connectivity index (χ1) is 12.6.